The third-order valence-electron chi connectivity index (χ3n) is 7.97. The van der Waals surface area contributed by atoms with Crippen LogP contribution in [0.3, 0.4) is 0 Å². The van der Waals surface area contributed by atoms with E-state index in [0.717, 1.165) is 43.0 Å². The minimum Gasteiger partial charge on any atom is -0.482 e. The highest BCUT2D eigenvalue weighted by Gasteiger charge is 2.73. The minimum atomic E-state index is -0.920. The number of carbonyl (C=O) groups excluding carboxylic acids is 1. The predicted octanol–water partition coefficient (Wildman–Crippen LogP) is 1.54. The van der Waals surface area contributed by atoms with Gasteiger partial charge in [0.1, 0.15) is 6.10 Å². The van der Waals surface area contributed by atoms with E-state index in [2.05, 4.69) is 4.90 Å². The maximum atomic E-state index is 12.2. The van der Waals surface area contributed by atoms with Crippen molar-refractivity contribution in [3.8, 4) is 11.5 Å². The Hall–Kier alpha value is -1.63. The van der Waals surface area contributed by atoms with Crippen molar-refractivity contribution in [1.82, 2.24) is 4.90 Å². The molecule has 1 saturated heterocycles. The highest BCUT2D eigenvalue weighted by atomic mass is 16.6. The summed E-state index contributed by atoms with van der Waals surface area (Å²) < 4.78 is 11.7. The lowest BCUT2D eigenvalue weighted by molar-refractivity contribution is -0.208. The van der Waals surface area contributed by atoms with Gasteiger partial charge in [0.15, 0.2) is 11.5 Å². The number of piperidine rings is 1. The topological polar surface area (TPSA) is 79.2 Å². The highest BCUT2D eigenvalue weighted by molar-refractivity contribution is 5.72. The smallest absolute Gasteiger partial charge is 0.308 e. The van der Waals surface area contributed by atoms with Crippen LogP contribution < -0.4 is 9.47 Å². The average Bonchev–Trinajstić information content (AvgIpc) is 3.38. The van der Waals surface area contributed by atoms with Crippen LogP contribution in [0.25, 0.3) is 0 Å². The second-order valence-corrected chi connectivity index (χ2v) is 9.47. The molecule has 2 unspecified atom stereocenters. The first-order valence-electron chi connectivity index (χ1n) is 10.6. The molecule has 3 fully saturated rings. The van der Waals surface area contributed by atoms with Crippen LogP contribution in [0.2, 0.25) is 0 Å². The number of esters is 1. The van der Waals surface area contributed by atoms with Crippen molar-refractivity contribution in [3.05, 3.63) is 23.3 Å². The van der Waals surface area contributed by atoms with E-state index in [4.69, 9.17) is 9.47 Å². The molecule has 6 rings (SSSR count). The Morgan fingerprint density at radius 1 is 1.32 bits per heavy atom. The van der Waals surface area contributed by atoms with Crippen LogP contribution in [-0.2, 0) is 16.6 Å². The van der Waals surface area contributed by atoms with Crippen LogP contribution >= 0.6 is 0 Å². The van der Waals surface area contributed by atoms with Gasteiger partial charge in [0.05, 0.1) is 17.1 Å². The summed E-state index contributed by atoms with van der Waals surface area (Å²) in [6.45, 7) is 3.35. The lowest BCUT2D eigenvalue weighted by Gasteiger charge is -2.63. The van der Waals surface area contributed by atoms with Gasteiger partial charge in [-0.2, -0.15) is 0 Å². The van der Waals surface area contributed by atoms with E-state index in [0.29, 0.717) is 24.3 Å². The van der Waals surface area contributed by atoms with Crippen molar-refractivity contribution in [1.29, 1.82) is 0 Å². The van der Waals surface area contributed by atoms with E-state index in [1.54, 1.807) is 6.07 Å². The number of hydrogen-bond donors (Lipinski definition) is 2. The average molecular weight is 385 g/mol. The molecule has 2 bridgehead atoms. The van der Waals surface area contributed by atoms with Gasteiger partial charge < -0.3 is 19.7 Å². The highest BCUT2D eigenvalue weighted by Crippen LogP contribution is 2.65. The molecule has 5 atom stereocenters. The number of carbonyl (C=O) groups is 1. The van der Waals surface area contributed by atoms with Gasteiger partial charge in [-0.05, 0) is 62.6 Å². The minimum absolute atomic E-state index is 0.0541. The number of benzene rings is 1. The Labute approximate surface area is 164 Å². The Bertz CT molecular complexity index is 867. The molecule has 0 aromatic heterocycles. The Morgan fingerprint density at radius 2 is 2.14 bits per heavy atom. The third-order valence-corrected chi connectivity index (χ3v) is 7.97. The Kier molecular flexibility index (Phi) is 3.38. The number of ether oxygens (including phenoxy) is 2. The summed E-state index contributed by atoms with van der Waals surface area (Å²) in [5, 5.41) is 23.0. The predicted molar refractivity (Wildman–Crippen MR) is 100 cm³/mol. The van der Waals surface area contributed by atoms with Crippen molar-refractivity contribution in [2.24, 2.45) is 5.92 Å². The van der Waals surface area contributed by atoms with E-state index in [9.17, 15) is 15.0 Å². The summed E-state index contributed by atoms with van der Waals surface area (Å²) in [6.07, 6.45) is 4.13. The first-order valence-corrected chi connectivity index (χ1v) is 10.6. The number of rotatable bonds is 3. The second-order valence-electron chi connectivity index (χ2n) is 9.47. The zero-order valence-corrected chi connectivity index (χ0v) is 16.2. The number of likely N-dealkylation sites (tertiary alicyclic amines) is 1. The van der Waals surface area contributed by atoms with Crippen molar-refractivity contribution in [3.63, 3.8) is 0 Å². The van der Waals surface area contributed by atoms with Crippen LogP contribution in [0.5, 0.6) is 11.5 Å². The normalized spacial score (nSPS) is 40.6. The molecule has 2 heterocycles. The standard InChI is InChI=1S/C22H27NO5/c1-12(24)27-16-5-4-14-10-17-22(26)7-6-15(25)20-21(22,18(14)19(16)28-20)8-9-23(17)11-13-2-3-13/h4-5,13,15,17,20,25-26H,2-3,6-11H2,1H3/t15?,17-,20?,21+,22-/m1/s1. The van der Waals surface area contributed by atoms with Crippen LogP contribution in [0.1, 0.15) is 50.2 Å². The summed E-state index contributed by atoms with van der Waals surface area (Å²) in [6, 6.07) is 3.89. The molecule has 0 amide bonds. The lowest BCUT2D eigenvalue weighted by atomic mass is 9.48. The van der Waals surface area contributed by atoms with E-state index in [1.165, 1.54) is 19.8 Å². The maximum Gasteiger partial charge on any atom is 0.308 e. The molecule has 150 valence electrons. The van der Waals surface area contributed by atoms with E-state index in [-0.39, 0.29) is 6.04 Å². The van der Waals surface area contributed by atoms with Gasteiger partial charge in [0.25, 0.3) is 0 Å². The quantitative estimate of drug-likeness (QED) is 0.607. The molecule has 2 saturated carbocycles. The summed E-state index contributed by atoms with van der Waals surface area (Å²) in [5.41, 5.74) is 0.614. The van der Waals surface area contributed by atoms with E-state index >= 15 is 0 Å². The van der Waals surface area contributed by atoms with Gasteiger partial charge in [0, 0.05) is 25.1 Å². The number of hydrogen-bond acceptors (Lipinski definition) is 6. The molecule has 6 nitrogen and oxygen atoms in total. The molecule has 28 heavy (non-hydrogen) atoms. The van der Waals surface area contributed by atoms with Crippen LogP contribution in [-0.4, -0.2) is 58.0 Å². The van der Waals surface area contributed by atoms with E-state index < -0.39 is 29.2 Å². The van der Waals surface area contributed by atoms with Crippen molar-refractivity contribution in [2.45, 2.75) is 74.7 Å². The largest absolute Gasteiger partial charge is 0.482 e. The Morgan fingerprint density at radius 3 is 2.89 bits per heavy atom. The van der Waals surface area contributed by atoms with Gasteiger partial charge in [-0.1, -0.05) is 6.07 Å². The van der Waals surface area contributed by atoms with Crippen LogP contribution in [0.15, 0.2) is 12.1 Å². The molecule has 1 spiro atoms. The Balaban J connectivity index is 1.53. The molecular weight excluding hydrogens is 358 g/mol. The number of nitrogens with zero attached hydrogens (tertiary/aromatic N) is 1. The second kappa shape index (κ2) is 5.49. The van der Waals surface area contributed by atoms with Crippen molar-refractivity contribution in [2.75, 3.05) is 13.1 Å². The summed E-state index contributed by atoms with van der Waals surface area (Å²) in [7, 11) is 0. The number of aliphatic hydroxyl groups is 2. The third kappa shape index (κ3) is 2.01. The van der Waals surface area contributed by atoms with Crippen molar-refractivity contribution >= 4 is 5.97 Å². The first-order chi connectivity index (χ1) is 13.4. The maximum absolute atomic E-state index is 12.2. The molecular formula is C22H27NO5. The monoisotopic (exact) mass is 385 g/mol. The molecule has 3 aliphatic carbocycles. The van der Waals surface area contributed by atoms with E-state index in [1.807, 2.05) is 6.07 Å². The summed E-state index contributed by atoms with van der Waals surface area (Å²) >= 11 is 0. The molecule has 1 aromatic rings. The van der Waals surface area contributed by atoms with Crippen LogP contribution in [0.4, 0.5) is 0 Å². The molecule has 1 aromatic carbocycles. The first kappa shape index (κ1) is 17.2. The van der Waals surface area contributed by atoms with Gasteiger partial charge in [-0.3, -0.25) is 9.69 Å². The fourth-order valence-corrected chi connectivity index (χ4v) is 6.68. The fourth-order valence-electron chi connectivity index (χ4n) is 6.68. The molecule has 6 heteroatoms. The van der Waals surface area contributed by atoms with Gasteiger partial charge in [0.2, 0.25) is 0 Å². The molecule has 2 N–H and O–H groups in total. The molecule has 0 radical (unpaired) electrons. The van der Waals surface area contributed by atoms with Gasteiger partial charge in [-0.25, -0.2) is 0 Å². The fraction of sp³-hybridized carbons (Fsp3) is 0.682. The zero-order chi connectivity index (χ0) is 19.3. The van der Waals surface area contributed by atoms with Gasteiger partial charge in [-0.15, -0.1) is 0 Å². The molecule has 5 aliphatic rings. The zero-order valence-electron chi connectivity index (χ0n) is 16.2. The number of aliphatic hydroxyl groups excluding tert-OH is 1. The van der Waals surface area contributed by atoms with Gasteiger partial charge >= 0.3 is 5.97 Å². The summed E-state index contributed by atoms with van der Waals surface area (Å²) in [4.78, 5) is 14.1. The SMILES string of the molecule is CC(=O)Oc1ccc2c3c1OC1C(O)CC[C@@]4(O)[C@@H](C2)N(CC2CC2)CC[C@]314. The van der Waals surface area contributed by atoms with Crippen LogP contribution in [0, 0.1) is 5.92 Å². The molecule has 2 aliphatic heterocycles. The van der Waals surface area contributed by atoms with Crippen molar-refractivity contribution < 1.29 is 24.5 Å². The lowest BCUT2D eigenvalue weighted by Crippen LogP contribution is -2.77. The summed E-state index contributed by atoms with van der Waals surface area (Å²) in [5.74, 6) is 1.34.